The van der Waals surface area contributed by atoms with Gasteiger partial charge in [0, 0.05) is 13.0 Å². The lowest BCUT2D eigenvalue weighted by Gasteiger charge is -2.25. The molecule has 130 valence electrons. The van der Waals surface area contributed by atoms with E-state index < -0.39 is 5.97 Å². The van der Waals surface area contributed by atoms with Crippen LogP contribution in [0.2, 0.25) is 0 Å². The molecule has 0 aromatic heterocycles. The average Bonchev–Trinajstić information content (AvgIpc) is 3.10. The Kier molecular flexibility index (Phi) is 5.12. The van der Waals surface area contributed by atoms with Crippen molar-refractivity contribution >= 4 is 11.9 Å². The number of carbonyl (C=O) groups excluding carboxylic acids is 1. The van der Waals surface area contributed by atoms with Crippen LogP contribution in [0.25, 0.3) is 0 Å². The molecule has 0 spiro atoms. The molecule has 1 heterocycles. The van der Waals surface area contributed by atoms with Gasteiger partial charge in [-0.05, 0) is 48.6 Å². The fraction of sp³-hybridized carbons (Fsp3) is 0.300. The number of amides is 1. The Balaban J connectivity index is 1.68. The SMILES string of the molecule is O=C(O)c1ccccc1CCC(=O)N1CCCC1c1ccc(F)cc1. The standard InChI is InChI=1S/C20H20FNO3/c21-16-10-7-15(8-11-16)18-6-3-13-22(18)19(23)12-9-14-4-1-2-5-17(14)20(24)25/h1-2,4-5,7-8,10-11,18H,3,6,9,12-13H2,(H,24,25). The molecule has 1 unspecified atom stereocenters. The molecule has 0 radical (unpaired) electrons. The van der Waals surface area contributed by atoms with Crippen LogP contribution in [-0.2, 0) is 11.2 Å². The van der Waals surface area contributed by atoms with Crippen molar-refractivity contribution in [2.24, 2.45) is 0 Å². The quantitative estimate of drug-likeness (QED) is 0.899. The lowest BCUT2D eigenvalue weighted by Crippen LogP contribution is -2.30. The number of aromatic carboxylic acids is 1. The van der Waals surface area contributed by atoms with E-state index in [0.29, 0.717) is 18.5 Å². The summed E-state index contributed by atoms with van der Waals surface area (Å²) >= 11 is 0. The molecule has 2 aromatic rings. The van der Waals surface area contributed by atoms with Crippen molar-refractivity contribution in [3.8, 4) is 0 Å². The molecule has 25 heavy (non-hydrogen) atoms. The zero-order valence-corrected chi connectivity index (χ0v) is 13.8. The molecule has 3 rings (SSSR count). The van der Waals surface area contributed by atoms with Crippen LogP contribution < -0.4 is 0 Å². The number of rotatable bonds is 5. The van der Waals surface area contributed by atoms with Gasteiger partial charge in [-0.1, -0.05) is 30.3 Å². The molecule has 1 aliphatic rings. The Morgan fingerprint density at radius 3 is 2.56 bits per heavy atom. The first-order valence-electron chi connectivity index (χ1n) is 8.42. The third-order valence-corrected chi connectivity index (χ3v) is 4.68. The second-order valence-corrected chi connectivity index (χ2v) is 6.26. The first-order valence-corrected chi connectivity index (χ1v) is 8.42. The number of nitrogens with zero attached hydrogens (tertiary/aromatic N) is 1. The molecule has 0 bridgehead atoms. The zero-order chi connectivity index (χ0) is 17.8. The van der Waals surface area contributed by atoms with E-state index >= 15 is 0 Å². The van der Waals surface area contributed by atoms with E-state index in [4.69, 9.17) is 0 Å². The monoisotopic (exact) mass is 341 g/mol. The molecule has 1 fully saturated rings. The number of aryl methyl sites for hydroxylation is 1. The maximum absolute atomic E-state index is 13.1. The van der Waals surface area contributed by atoms with Gasteiger partial charge in [-0.3, -0.25) is 4.79 Å². The van der Waals surface area contributed by atoms with E-state index in [2.05, 4.69) is 0 Å². The zero-order valence-electron chi connectivity index (χ0n) is 13.8. The molecule has 1 N–H and O–H groups in total. The minimum absolute atomic E-state index is 0.00650. The van der Waals surface area contributed by atoms with Crippen LogP contribution in [0, 0.1) is 5.82 Å². The number of hydrogen-bond acceptors (Lipinski definition) is 2. The van der Waals surface area contributed by atoms with Gasteiger partial charge in [-0.15, -0.1) is 0 Å². The van der Waals surface area contributed by atoms with Crippen molar-refractivity contribution in [3.63, 3.8) is 0 Å². The maximum Gasteiger partial charge on any atom is 0.335 e. The molecule has 1 atom stereocenters. The molecular formula is C20H20FNO3. The fourth-order valence-electron chi connectivity index (χ4n) is 3.43. The van der Waals surface area contributed by atoms with Gasteiger partial charge in [0.05, 0.1) is 11.6 Å². The highest BCUT2D eigenvalue weighted by Gasteiger charge is 2.29. The predicted octanol–water partition coefficient (Wildman–Crippen LogP) is 3.82. The van der Waals surface area contributed by atoms with E-state index in [-0.39, 0.29) is 29.8 Å². The van der Waals surface area contributed by atoms with Gasteiger partial charge >= 0.3 is 5.97 Å². The van der Waals surface area contributed by atoms with Crippen LogP contribution in [0.1, 0.15) is 46.8 Å². The van der Waals surface area contributed by atoms with Crippen molar-refractivity contribution in [1.82, 2.24) is 4.90 Å². The van der Waals surface area contributed by atoms with Gasteiger partial charge in [0.15, 0.2) is 0 Å². The Labute approximate surface area is 145 Å². The van der Waals surface area contributed by atoms with E-state index in [9.17, 15) is 19.1 Å². The van der Waals surface area contributed by atoms with Crippen molar-refractivity contribution < 1.29 is 19.1 Å². The van der Waals surface area contributed by atoms with Crippen LogP contribution in [0.15, 0.2) is 48.5 Å². The number of carboxylic acids is 1. The Morgan fingerprint density at radius 1 is 1.12 bits per heavy atom. The largest absolute Gasteiger partial charge is 0.478 e. The highest BCUT2D eigenvalue weighted by Crippen LogP contribution is 2.32. The lowest BCUT2D eigenvalue weighted by atomic mass is 10.0. The number of halogens is 1. The van der Waals surface area contributed by atoms with Gasteiger partial charge in [-0.25, -0.2) is 9.18 Å². The van der Waals surface area contributed by atoms with Crippen molar-refractivity contribution in [2.75, 3.05) is 6.54 Å². The molecule has 4 nitrogen and oxygen atoms in total. The molecule has 5 heteroatoms. The minimum Gasteiger partial charge on any atom is -0.478 e. The van der Waals surface area contributed by atoms with Crippen molar-refractivity contribution in [2.45, 2.75) is 31.7 Å². The third-order valence-electron chi connectivity index (χ3n) is 4.68. The highest BCUT2D eigenvalue weighted by molar-refractivity contribution is 5.89. The van der Waals surface area contributed by atoms with Crippen LogP contribution in [0.3, 0.4) is 0 Å². The summed E-state index contributed by atoms with van der Waals surface area (Å²) < 4.78 is 13.1. The normalized spacial score (nSPS) is 16.8. The van der Waals surface area contributed by atoms with E-state index in [1.54, 1.807) is 36.4 Å². The topological polar surface area (TPSA) is 57.6 Å². The average molecular weight is 341 g/mol. The summed E-state index contributed by atoms with van der Waals surface area (Å²) in [5.41, 5.74) is 1.85. The third kappa shape index (κ3) is 3.87. The molecule has 1 amide bonds. The first-order chi connectivity index (χ1) is 12.1. The summed E-state index contributed by atoms with van der Waals surface area (Å²) in [5.74, 6) is -1.26. The highest BCUT2D eigenvalue weighted by atomic mass is 19.1. The Bertz CT molecular complexity index is 773. The number of carboxylic acid groups (broad SMARTS) is 1. The van der Waals surface area contributed by atoms with Crippen molar-refractivity contribution in [3.05, 3.63) is 71.0 Å². The fourth-order valence-corrected chi connectivity index (χ4v) is 3.43. The second-order valence-electron chi connectivity index (χ2n) is 6.26. The number of benzene rings is 2. The molecular weight excluding hydrogens is 321 g/mol. The molecule has 1 aliphatic heterocycles. The lowest BCUT2D eigenvalue weighted by molar-refractivity contribution is -0.132. The van der Waals surface area contributed by atoms with Crippen LogP contribution in [-0.4, -0.2) is 28.4 Å². The maximum atomic E-state index is 13.1. The van der Waals surface area contributed by atoms with Gasteiger partial charge in [-0.2, -0.15) is 0 Å². The van der Waals surface area contributed by atoms with Gasteiger partial charge in [0.2, 0.25) is 5.91 Å². The number of carbonyl (C=O) groups is 2. The summed E-state index contributed by atoms with van der Waals surface area (Å²) in [7, 11) is 0. The number of hydrogen-bond donors (Lipinski definition) is 1. The van der Waals surface area contributed by atoms with Gasteiger partial charge < -0.3 is 10.0 Å². The summed E-state index contributed by atoms with van der Waals surface area (Å²) in [4.78, 5) is 25.7. The second kappa shape index (κ2) is 7.47. The summed E-state index contributed by atoms with van der Waals surface area (Å²) in [6, 6.07) is 13.0. The van der Waals surface area contributed by atoms with E-state index in [0.717, 1.165) is 18.4 Å². The smallest absolute Gasteiger partial charge is 0.335 e. The Hall–Kier alpha value is -2.69. The summed E-state index contributed by atoms with van der Waals surface area (Å²) in [5, 5.41) is 9.23. The summed E-state index contributed by atoms with van der Waals surface area (Å²) in [6.07, 6.45) is 2.44. The van der Waals surface area contributed by atoms with Crippen LogP contribution in [0.4, 0.5) is 4.39 Å². The van der Waals surface area contributed by atoms with Crippen LogP contribution in [0.5, 0.6) is 0 Å². The van der Waals surface area contributed by atoms with Gasteiger partial charge in [0.1, 0.15) is 5.82 Å². The van der Waals surface area contributed by atoms with Gasteiger partial charge in [0.25, 0.3) is 0 Å². The van der Waals surface area contributed by atoms with Crippen molar-refractivity contribution in [1.29, 1.82) is 0 Å². The van der Waals surface area contributed by atoms with Crippen LogP contribution >= 0.6 is 0 Å². The minimum atomic E-state index is -0.978. The molecule has 0 aliphatic carbocycles. The number of likely N-dealkylation sites (tertiary alicyclic amines) is 1. The molecule has 0 saturated carbocycles. The van der Waals surface area contributed by atoms with E-state index in [1.165, 1.54) is 12.1 Å². The molecule has 1 saturated heterocycles. The predicted molar refractivity (Wildman–Crippen MR) is 91.8 cm³/mol. The first kappa shape index (κ1) is 17.1. The Morgan fingerprint density at radius 2 is 1.84 bits per heavy atom. The summed E-state index contributed by atoms with van der Waals surface area (Å²) in [6.45, 7) is 0.682. The molecule has 2 aromatic carbocycles. The van der Waals surface area contributed by atoms with E-state index in [1.807, 2.05) is 4.90 Å².